The van der Waals surface area contributed by atoms with Gasteiger partial charge in [-0.1, -0.05) is 32.9 Å². The van der Waals surface area contributed by atoms with Gasteiger partial charge in [0, 0.05) is 7.05 Å². The molecule has 104 valence electrons. The van der Waals surface area contributed by atoms with Crippen LogP contribution >= 0.6 is 0 Å². The van der Waals surface area contributed by atoms with Gasteiger partial charge in [-0.3, -0.25) is 0 Å². The van der Waals surface area contributed by atoms with Crippen LogP contribution in [0, 0.1) is 0 Å². The van der Waals surface area contributed by atoms with Crippen molar-refractivity contribution >= 4 is 11.4 Å². The molecule has 0 aliphatic carbocycles. The highest BCUT2D eigenvalue weighted by Gasteiger charge is 2.22. The van der Waals surface area contributed by atoms with Crippen molar-refractivity contribution in [3.63, 3.8) is 0 Å². The van der Waals surface area contributed by atoms with E-state index in [1.807, 2.05) is 0 Å². The van der Waals surface area contributed by atoms with E-state index < -0.39 is 0 Å². The van der Waals surface area contributed by atoms with Crippen molar-refractivity contribution in [3.05, 3.63) is 47.5 Å². The van der Waals surface area contributed by atoms with Crippen LogP contribution in [0.2, 0.25) is 0 Å². The molecule has 0 spiro atoms. The third kappa shape index (κ3) is 2.05. The Kier molecular flexibility index (Phi) is 3.17. The van der Waals surface area contributed by atoms with Gasteiger partial charge in [0.1, 0.15) is 0 Å². The highest BCUT2D eigenvalue weighted by Crippen LogP contribution is 2.46. The highest BCUT2D eigenvalue weighted by atomic mass is 16.5. The van der Waals surface area contributed by atoms with Crippen LogP contribution in [0.5, 0.6) is 11.5 Å². The van der Waals surface area contributed by atoms with Crippen LogP contribution in [0.3, 0.4) is 0 Å². The van der Waals surface area contributed by atoms with Crippen molar-refractivity contribution in [1.82, 2.24) is 0 Å². The fourth-order valence-corrected chi connectivity index (χ4v) is 2.63. The molecule has 2 aromatic carbocycles. The van der Waals surface area contributed by atoms with Crippen LogP contribution in [0.25, 0.3) is 0 Å². The maximum Gasteiger partial charge on any atom is 0.151 e. The molecule has 0 radical (unpaired) electrons. The summed E-state index contributed by atoms with van der Waals surface area (Å²) in [6.07, 6.45) is 1.04. The second kappa shape index (κ2) is 4.86. The predicted octanol–water partition coefficient (Wildman–Crippen LogP) is 5.25. The molecular weight excluding hydrogens is 246 g/mol. The molecule has 1 aliphatic heterocycles. The minimum Gasteiger partial charge on any atom is -0.453 e. The van der Waals surface area contributed by atoms with Gasteiger partial charge in [0.05, 0.1) is 11.4 Å². The van der Waals surface area contributed by atoms with Crippen molar-refractivity contribution in [2.45, 2.75) is 33.1 Å². The largest absolute Gasteiger partial charge is 0.453 e. The molecule has 3 rings (SSSR count). The predicted molar refractivity (Wildman–Crippen MR) is 84.5 cm³/mol. The van der Waals surface area contributed by atoms with E-state index in [0.717, 1.165) is 29.3 Å². The molecule has 2 nitrogen and oxygen atoms in total. The summed E-state index contributed by atoms with van der Waals surface area (Å²) in [5, 5.41) is 0. The van der Waals surface area contributed by atoms with Gasteiger partial charge in [-0.2, -0.15) is 0 Å². The van der Waals surface area contributed by atoms with Crippen molar-refractivity contribution in [3.8, 4) is 11.5 Å². The van der Waals surface area contributed by atoms with Crippen molar-refractivity contribution in [2.24, 2.45) is 0 Å². The van der Waals surface area contributed by atoms with E-state index >= 15 is 0 Å². The van der Waals surface area contributed by atoms with Gasteiger partial charge in [-0.15, -0.1) is 0 Å². The van der Waals surface area contributed by atoms with Crippen LogP contribution in [0.1, 0.15) is 37.8 Å². The number of benzene rings is 2. The maximum atomic E-state index is 6.10. The van der Waals surface area contributed by atoms with Gasteiger partial charge in [0.2, 0.25) is 0 Å². The van der Waals surface area contributed by atoms with Gasteiger partial charge in [-0.25, -0.2) is 0 Å². The summed E-state index contributed by atoms with van der Waals surface area (Å²) in [6.45, 7) is 6.58. The van der Waals surface area contributed by atoms with Gasteiger partial charge >= 0.3 is 0 Å². The first kappa shape index (κ1) is 13.0. The molecule has 0 saturated carbocycles. The van der Waals surface area contributed by atoms with Gasteiger partial charge in [0.25, 0.3) is 0 Å². The summed E-state index contributed by atoms with van der Waals surface area (Å²) in [5.74, 6) is 2.41. The zero-order valence-electron chi connectivity index (χ0n) is 12.6. The number of ether oxygens (including phenoxy) is 1. The Morgan fingerprint density at radius 2 is 1.80 bits per heavy atom. The molecule has 0 unspecified atom stereocenters. The molecule has 0 N–H and O–H groups in total. The monoisotopic (exact) mass is 267 g/mol. The van der Waals surface area contributed by atoms with Crippen LogP contribution in [0.4, 0.5) is 11.4 Å². The first-order valence-electron chi connectivity index (χ1n) is 7.28. The van der Waals surface area contributed by atoms with Crippen LogP contribution < -0.4 is 9.64 Å². The average Bonchev–Trinajstić information content (AvgIpc) is 2.46. The maximum absolute atomic E-state index is 6.10. The first-order valence-corrected chi connectivity index (χ1v) is 7.28. The molecule has 0 fully saturated rings. The quantitative estimate of drug-likeness (QED) is 0.737. The smallest absolute Gasteiger partial charge is 0.151 e. The van der Waals surface area contributed by atoms with Gasteiger partial charge in [0.15, 0.2) is 11.5 Å². The molecule has 1 heterocycles. The van der Waals surface area contributed by atoms with E-state index in [1.165, 1.54) is 11.1 Å². The highest BCUT2D eigenvalue weighted by molar-refractivity contribution is 5.78. The van der Waals surface area contributed by atoms with Crippen molar-refractivity contribution in [2.75, 3.05) is 11.9 Å². The SMILES string of the molecule is CCc1ccc2c(c1)N(C)c1ccc(C(C)C)cc1O2. The Hall–Kier alpha value is -1.96. The summed E-state index contributed by atoms with van der Waals surface area (Å²) in [4.78, 5) is 2.22. The number of aryl methyl sites for hydroxylation is 1. The number of hydrogen-bond acceptors (Lipinski definition) is 2. The lowest BCUT2D eigenvalue weighted by Crippen LogP contribution is -2.16. The molecule has 2 aromatic rings. The Morgan fingerprint density at radius 3 is 2.50 bits per heavy atom. The van der Waals surface area contributed by atoms with Crippen molar-refractivity contribution in [1.29, 1.82) is 0 Å². The van der Waals surface area contributed by atoms with Crippen LogP contribution in [0.15, 0.2) is 36.4 Å². The molecule has 0 aromatic heterocycles. The van der Waals surface area contributed by atoms with E-state index in [1.54, 1.807) is 0 Å². The lowest BCUT2D eigenvalue weighted by atomic mass is 10.0. The lowest BCUT2D eigenvalue weighted by molar-refractivity contribution is 0.474. The van der Waals surface area contributed by atoms with Gasteiger partial charge < -0.3 is 9.64 Å². The molecular formula is C18H21NO. The Morgan fingerprint density at radius 1 is 1.00 bits per heavy atom. The Bertz CT molecular complexity index is 646. The number of anilines is 2. The molecule has 0 amide bonds. The van der Waals surface area contributed by atoms with E-state index in [4.69, 9.17) is 4.74 Å². The third-order valence-electron chi connectivity index (χ3n) is 4.02. The van der Waals surface area contributed by atoms with Crippen LogP contribution in [-0.2, 0) is 6.42 Å². The number of fused-ring (bicyclic) bond motifs is 2. The standard InChI is InChI=1S/C18H21NO/c1-5-13-6-9-17-16(10-13)19(4)15-8-7-14(12(2)3)11-18(15)20-17/h6-12H,5H2,1-4H3. The molecule has 0 saturated heterocycles. The summed E-state index contributed by atoms with van der Waals surface area (Å²) in [7, 11) is 2.11. The molecule has 0 atom stereocenters. The van der Waals surface area contributed by atoms with E-state index in [-0.39, 0.29) is 0 Å². The first-order chi connectivity index (χ1) is 9.60. The second-order valence-corrected chi connectivity index (χ2v) is 5.70. The lowest BCUT2D eigenvalue weighted by Gasteiger charge is -2.30. The second-order valence-electron chi connectivity index (χ2n) is 5.70. The summed E-state index contributed by atoms with van der Waals surface area (Å²) >= 11 is 0. The van der Waals surface area contributed by atoms with E-state index in [9.17, 15) is 0 Å². The van der Waals surface area contributed by atoms with Crippen molar-refractivity contribution < 1.29 is 4.74 Å². The fraction of sp³-hybridized carbons (Fsp3) is 0.333. The normalized spacial score (nSPS) is 12.9. The Labute approximate surface area is 121 Å². The van der Waals surface area contributed by atoms with Gasteiger partial charge in [-0.05, 0) is 47.7 Å². The van der Waals surface area contributed by atoms with E-state index in [0.29, 0.717) is 5.92 Å². The summed E-state index contributed by atoms with van der Waals surface area (Å²) < 4.78 is 6.10. The molecule has 1 aliphatic rings. The number of nitrogens with zero attached hydrogens (tertiary/aromatic N) is 1. The number of hydrogen-bond donors (Lipinski definition) is 0. The minimum absolute atomic E-state index is 0.512. The minimum atomic E-state index is 0.512. The molecule has 20 heavy (non-hydrogen) atoms. The summed E-state index contributed by atoms with van der Waals surface area (Å²) in [6, 6.07) is 13.0. The zero-order chi connectivity index (χ0) is 14.3. The fourth-order valence-electron chi connectivity index (χ4n) is 2.63. The average molecular weight is 267 g/mol. The topological polar surface area (TPSA) is 12.5 Å². The van der Waals surface area contributed by atoms with Crippen LogP contribution in [-0.4, -0.2) is 7.05 Å². The Balaban J connectivity index is 2.07. The number of rotatable bonds is 2. The van der Waals surface area contributed by atoms with E-state index in [2.05, 4.69) is 69.1 Å². The molecule has 0 bridgehead atoms. The third-order valence-corrected chi connectivity index (χ3v) is 4.02. The molecule has 2 heteroatoms. The summed E-state index contributed by atoms with van der Waals surface area (Å²) in [5.41, 5.74) is 4.93. The zero-order valence-corrected chi connectivity index (χ0v) is 12.6.